The predicted molar refractivity (Wildman–Crippen MR) is 72.8 cm³/mol. The predicted octanol–water partition coefficient (Wildman–Crippen LogP) is 1.74. The third-order valence-corrected chi connectivity index (χ3v) is 2.64. The van der Waals surface area contributed by atoms with Crippen LogP contribution in [0.5, 0.6) is 5.88 Å². The molecule has 6 heteroatoms. The number of benzene rings is 1. The van der Waals surface area contributed by atoms with E-state index in [9.17, 15) is 9.18 Å². The molecule has 0 aliphatic heterocycles. The SMILES string of the molecule is COc1ccc(CNC(=O)c2cc(N)cc(F)c2)cn1. The Kier molecular flexibility index (Phi) is 4.14. The van der Waals surface area contributed by atoms with Gasteiger partial charge >= 0.3 is 0 Å². The molecule has 0 spiro atoms. The van der Waals surface area contributed by atoms with Crippen molar-refractivity contribution in [2.24, 2.45) is 0 Å². The molecule has 0 aliphatic carbocycles. The van der Waals surface area contributed by atoms with Gasteiger partial charge < -0.3 is 15.8 Å². The lowest BCUT2D eigenvalue weighted by molar-refractivity contribution is 0.0950. The topological polar surface area (TPSA) is 77.2 Å². The molecule has 0 aliphatic rings. The Balaban J connectivity index is 2.00. The van der Waals surface area contributed by atoms with Gasteiger partial charge in [0.2, 0.25) is 5.88 Å². The highest BCUT2D eigenvalue weighted by molar-refractivity contribution is 5.94. The quantitative estimate of drug-likeness (QED) is 0.833. The van der Waals surface area contributed by atoms with E-state index in [1.807, 2.05) is 0 Å². The number of nitrogen functional groups attached to an aromatic ring is 1. The molecule has 1 heterocycles. The van der Waals surface area contributed by atoms with E-state index in [0.29, 0.717) is 5.88 Å². The number of amides is 1. The van der Waals surface area contributed by atoms with Gasteiger partial charge in [0.1, 0.15) is 5.82 Å². The minimum atomic E-state index is -0.540. The standard InChI is InChI=1S/C14H14FN3O2/c1-20-13-3-2-9(7-17-13)8-18-14(19)10-4-11(15)6-12(16)5-10/h2-7H,8,16H2,1H3,(H,18,19). The summed E-state index contributed by atoms with van der Waals surface area (Å²) < 4.78 is 18.1. The Morgan fingerprint density at radius 2 is 2.20 bits per heavy atom. The maximum atomic E-state index is 13.2. The lowest BCUT2D eigenvalue weighted by atomic mass is 10.2. The molecule has 0 unspecified atom stereocenters. The largest absolute Gasteiger partial charge is 0.481 e. The number of aromatic nitrogens is 1. The number of nitrogens with zero attached hydrogens (tertiary/aromatic N) is 1. The molecular formula is C14H14FN3O2. The van der Waals surface area contributed by atoms with Crippen molar-refractivity contribution >= 4 is 11.6 Å². The van der Waals surface area contributed by atoms with Crippen LogP contribution in [-0.2, 0) is 6.54 Å². The molecule has 0 bridgehead atoms. The molecule has 5 nitrogen and oxygen atoms in total. The van der Waals surface area contributed by atoms with E-state index in [2.05, 4.69) is 10.3 Å². The van der Waals surface area contributed by atoms with Crippen molar-refractivity contribution in [3.05, 3.63) is 53.5 Å². The molecule has 0 fully saturated rings. The van der Waals surface area contributed by atoms with Gasteiger partial charge in [0.15, 0.2) is 0 Å². The third kappa shape index (κ3) is 3.44. The summed E-state index contributed by atoms with van der Waals surface area (Å²) in [5.41, 5.74) is 6.70. The van der Waals surface area contributed by atoms with E-state index in [0.717, 1.165) is 17.7 Å². The van der Waals surface area contributed by atoms with E-state index in [1.54, 1.807) is 18.3 Å². The number of methoxy groups -OCH3 is 1. The van der Waals surface area contributed by atoms with Gasteiger partial charge in [0, 0.05) is 30.1 Å². The minimum absolute atomic E-state index is 0.184. The van der Waals surface area contributed by atoms with Crippen LogP contribution in [0.4, 0.5) is 10.1 Å². The number of nitrogens with two attached hydrogens (primary N) is 1. The Labute approximate surface area is 115 Å². The molecule has 0 atom stereocenters. The van der Waals surface area contributed by atoms with Crippen molar-refractivity contribution in [3.8, 4) is 5.88 Å². The first-order valence-corrected chi connectivity index (χ1v) is 5.91. The number of hydrogen-bond acceptors (Lipinski definition) is 4. The Morgan fingerprint density at radius 3 is 2.80 bits per heavy atom. The lowest BCUT2D eigenvalue weighted by Crippen LogP contribution is -2.23. The molecule has 104 valence electrons. The number of carbonyl (C=O) groups is 1. The first-order chi connectivity index (χ1) is 9.58. The number of hydrogen-bond donors (Lipinski definition) is 2. The lowest BCUT2D eigenvalue weighted by Gasteiger charge is -2.06. The first kappa shape index (κ1) is 13.8. The highest BCUT2D eigenvalue weighted by atomic mass is 19.1. The molecule has 1 amide bonds. The van der Waals surface area contributed by atoms with Crippen molar-refractivity contribution in [1.82, 2.24) is 10.3 Å². The number of rotatable bonds is 4. The van der Waals surface area contributed by atoms with Crippen LogP contribution in [0.15, 0.2) is 36.5 Å². The van der Waals surface area contributed by atoms with E-state index < -0.39 is 11.7 Å². The third-order valence-electron chi connectivity index (χ3n) is 2.64. The molecule has 0 saturated carbocycles. The van der Waals surface area contributed by atoms with Gasteiger partial charge in [-0.05, 0) is 23.8 Å². The zero-order chi connectivity index (χ0) is 14.5. The number of anilines is 1. The van der Waals surface area contributed by atoms with E-state index >= 15 is 0 Å². The van der Waals surface area contributed by atoms with Crippen LogP contribution >= 0.6 is 0 Å². The van der Waals surface area contributed by atoms with Crippen molar-refractivity contribution in [3.63, 3.8) is 0 Å². The molecule has 2 aromatic rings. The van der Waals surface area contributed by atoms with Crippen molar-refractivity contribution < 1.29 is 13.9 Å². The summed E-state index contributed by atoms with van der Waals surface area (Å²) in [5.74, 6) is -0.439. The zero-order valence-corrected chi connectivity index (χ0v) is 10.9. The second-order valence-corrected chi connectivity index (χ2v) is 4.16. The van der Waals surface area contributed by atoms with Gasteiger partial charge in [-0.3, -0.25) is 4.79 Å². The van der Waals surface area contributed by atoms with Gasteiger partial charge in [0.05, 0.1) is 7.11 Å². The van der Waals surface area contributed by atoms with Crippen molar-refractivity contribution in [2.45, 2.75) is 6.54 Å². The first-order valence-electron chi connectivity index (χ1n) is 5.91. The normalized spacial score (nSPS) is 10.1. The minimum Gasteiger partial charge on any atom is -0.481 e. The van der Waals surface area contributed by atoms with Crippen LogP contribution in [0.2, 0.25) is 0 Å². The maximum Gasteiger partial charge on any atom is 0.251 e. The summed E-state index contributed by atoms with van der Waals surface area (Å²) in [6.07, 6.45) is 1.60. The van der Waals surface area contributed by atoms with Crippen LogP contribution in [0, 0.1) is 5.82 Å². The molecular weight excluding hydrogens is 261 g/mol. The van der Waals surface area contributed by atoms with Gasteiger partial charge in [-0.1, -0.05) is 6.07 Å². The van der Waals surface area contributed by atoms with E-state index in [-0.39, 0.29) is 17.8 Å². The van der Waals surface area contributed by atoms with Crippen LogP contribution < -0.4 is 15.8 Å². The summed E-state index contributed by atoms with van der Waals surface area (Å²) in [4.78, 5) is 15.9. The van der Waals surface area contributed by atoms with Crippen molar-refractivity contribution in [2.75, 3.05) is 12.8 Å². The van der Waals surface area contributed by atoms with Crippen LogP contribution in [0.3, 0.4) is 0 Å². The summed E-state index contributed by atoms with van der Waals surface area (Å²) in [7, 11) is 1.53. The average molecular weight is 275 g/mol. The average Bonchev–Trinajstić information content (AvgIpc) is 2.44. The van der Waals surface area contributed by atoms with Crippen LogP contribution in [0.1, 0.15) is 15.9 Å². The molecule has 2 rings (SSSR count). The second-order valence-electron chi connectivity index (χ2n) is 4.16. The number of nitrogens with one attached hydrogen (secondary N) is 1. The fourth-order valence-electron chi connectivity index (χ4n) is 1.66. The Bertz CT molecular complexity index is 594. The summed E-state index contributed by atoms with van der Waals surface area (Å²) in [6.45, 7) is 0.284. The molecule has 0 radical (unpaired) electrons. The maximum absolute atomic E-state index is 13.2. The summed E-state index contributed by atoms with van der Waals surface area (Å²) >= 11 is 0. The molecule has 20 heavy (non-hydrogen) atoms. The highest BCUT2D eigenvalue weighted by Gasteiger charge is 2.08. The smallest absolute Gasteiger partial charge is 0.251 e. The van der Waals surface area contributed by atoms with Gasteiger partial charge in [-0.15, -0.1) is 0 Å². The number of ether oxygens (including phenoxy) is 1. The second kappa shape index (κ2) is 6.01. The van der Waals surface area contributed by atoms with Gasteiger partial charge in [0.25, 0.3) is 5.91 Å². The summed E-state index contributed by atoms with van der Waals surface area (Å²) in [6, 6.07) is 7.19. The van der Waals surface area contributed by atoms with E-state index in [4.69, 9.17) is 10.5 Å². The number of halogens is 1. The molecule has 1 aromatic carbocycles. The fraction of sp³-hybridized carbons (Fsp3) is 0.143. The van der Waals surface area contributed by atoms with Gasteiger partial charge in [-0.25, -0.2) is 9.37 Å². The fourth-order valence-corrected chi connectivity index (χ4v) is 1.66. The monoisotopic (exact) mass is 275 g/mol. The number of pyridine rings is 1. The van der Waals surface area contributed by atoms with Crippen LogP contribution in [-0.4, -0.2) is 18.0 Å². The molecule has 0 saturated heterocycles. The molecule has 1 aromatic heterocycles. The van der Waals surface area contributed by atoms with E-state index in [1.165, 1.54) is 13.2 Å². The molecule has 3 N–H and O–H groups in total. The number of carbonyl (C=O) groups excluding carboxylic acids is 1. The van der Waals surface area contributed by atoms with Crippen LogP contribution in [0.25, 0.3) is 0 Å². The van der Waals surface area contributed by atoms with Gasteiger partial charge in [-0.2, -0.15) is 0 Å². The summed E-state index contributed by atoms with van der Waals surface area (Å²) in [5, 5.41) is 2.67. The Morgan fingerprint density at radius 1 is 1.40 bits per heavy atom. The zero-order valence-electron chi connectivity index (χ0n) is 10.9. The Hall–Kier alpha value is -2.63. The van der Waals surface area contributed by atoms with Crippen molar-refractivity contribution in [1.29, 1.82) is 0 Å². The highest BCUT2D eigenvalue weighted by Crippen LogP contribution is 2.11.